The first kappa shape index (κ1) is 19.2. The number of amides is 2. The van der Waals surface area contributed by atoms with E-state index in [0.29, 0.717) is 42.4 Å². The molecule has 29 heavy (non-hydrogen) atoms. The number of benzene rings is 2. The van der Waals surface area contributed by atoms with Gasteiger partial charge in [0.1, 0.15) is 24.8 Å². The van der Waals surface area contributed by atoms with E-state index in [-0.39, 0.29) is 31.3 Å². The average Bonchev–Trinajstić information content (AvgIpc) is 3.08. The highest BCUT2D eigenvalue weighted by Crippen LogP contribution is 2.35. The number of rotatable bonds is 5. The fraction of sp³-hybridized carbons (Fsp3) is 0.333. The minimum absolute atomic E-state index is 0.106. The van der Waals surface area contributed by atoms with E-state index in [9.17, 15) is 18.4 Å². The molecule has 2 heterocycles. The van der Waals surface area contributed by atoms with E-state index < -0.39 is 17.6 Å². The lowest BCUT2D eigenvalue weighted by atomic mass is 10.1. The Bertz CT molecular complexity index is 930. The number of nitrogens with one attached hydrogen (secondary N) is 1. The van der Waals surface area contributed by atoms with Crippen molar-refractivity contribution in [2.75, 3.05) is 31.2 Å². The van der Waals surface area contributed by atoms with Crippen LogP contribution in [0.2, 0.25) is 0 Å². The quantitative estimate of drug-likeness (QED) is 0.834. The Hall–Kier alpha value is -3.16. The molecule has 0 aromatic heterocycles. The largest absolute Gasteiger partial charge is 0.486 e. The number of hydrogen-bond donors (Lipinski definition) is 1. The van der Waals surface area contributed by atoms with Crippen LogP contribution in [-0.4, -0.2) is 38.1 Å². The summed E-state index contributed by atoms with van der Waals surface area (Å²) in [5.41, 5.74) is 1.12. The van der Waals surface area contributed by atoms with Crippen LogP contribution in [0.25, 0.3) is 0 Å². The topological polar surface area (TPSA) is 67.9 Å². The van der Waals surface area contributed by atoms with Crippen LogP contribution in [0.3, 0.4) is 0 Å². The van der Waals surface area contributed by atoms with Gasteiger partial charge in [-0.2, -0.15) is 0 Å². The van der Waals surface area contributed by atoms with Gasteiger partial charge in [-0.3, -0.25) is 9.59 Å². The fourth-order valence-corrected chi connectivity index (χ4v) is 3.56. The molecular formula is C21H20F2N2O4. The van der Waals surface area contributed by atoms with Crippen molar-refractivity contribution in [2.45, 2.75) is 12.8 Å². The lowest BCUT2D eigenvalue weighted by Crippen LogP contribution is -2.34. The second kappa shape index (κ2) is 8.06. The van der Waals surface area contributed by atoms with Crippen molar-refractivity contribution in [1.29, 1.82) is 0 Å². The second-order valence-corrected chi connectivity index (χ2v) is 7.05. The summed E-state index contributed by atoms with van der Waals surface area (Å²) in [6, 6.07) is 8.53. The minimum Gasteiger partial charge on any atom is -0.486 e. The van der Waals surface area contributed by atoms with Crippen LogP contribution in [0.5, 0.6) is 11.5 Å². The maximum absolute atomic E-state index is 13.2. The van der Waals surface area contributed by atoms with Gasteiger partial charge in [0.05, 0.1) is 5.92 Å². The predicted octanol–water partition coefficient (Wildman–Crippen LogP) is 2.45. The summed E-state index contributed by atoms with van der Waals surface area (Å²) in [5.74, 6) is -0.971. The molecule has 1 unspecified atom stereocenters. The van der Waals surface area contributed by atoms with E-state index in [1.54, 1.807) is 23.1 Å². The standard InChI is InChI=1S/C21H20F2N2O4/c22-15-7-13(8-16(23)10-15)3-4-24-21(27)14-9-20(26)25(12-14)17-1-2-18-19(11-17)29-6-5-28-18/h1-2,7-8,10-11,14H,3-6,9,12H2,(H,24,27). The average molecular weight is 402 g/mol. The Balaban J connectivity index is 1.34. The van der Waals surface area contributed by atoms with E-state index >= 15 is 0 Å². The molecule has 0 aliphatic carbocycles. The van der Waals surface area contributed by atoms with Crippen molar-refractivity contribution >= 4 is 17.5 Å². The number of hydrogen-bond acceptors (Lipinski definition) is 4. The van der Waals surface area contributed by atoms with Gasteiger partial charge in [-0.05, 0) is 36.2 Å². The molecule has 0 saturated carbocycles. The summed E-state index contributed by atoms with van der Waals surface area (Å²) >= 11 is 0. The van der Waals surface area contributed by atoms with Crippen molar-refractivity contribution in [2.24, 2.45) is 5.92 Å². The van der Waals surface area contributed by atoms with Crippen LogP contribution in [-0.2, 0) is 16.0 Å². The third kappa shape index (κ3) is 4.31. The Morgan fingerprint density at radius 1 is 1.07 bits per heavy atom. The first-order valence-corrected chi connectivity index (χ1v) is 9.42. The van der Waals surface area contributed by atoms with Gasteiger partial charge in [0.25, 0.3) is 0 Å². The molecule has 2 aliphatic heterocycles. The highest BCUT2D eigenvalue weighted by Gasteiger charge is 2.35. The normalized spacial score (nSPS) is 18.1. The molecule has 0 radical (unpaired) electrons. The predicted molar refractivity (Wildman–Crippen MR) is 101 cm³/mol. The molecule has 4 rings (SSSR count). The number of halogens is 2. The Morgan fingerprint density at radius 3 is 2.55 bits per heavy atom. The number of ether oxygens (including phenoxy) is 2. The summed E-state index contributed by atoms with van der Waals surface area (Å²) < 4.78 is 37.5. The summed E-state index contributed by atoms with van der Waals surface area (Å²) in [4.78, 5) is 26.4. The van der Waals surface area contributed by atoms with Crippen molar-refractivity contribution in [3.05, 3.63) is 53.6 Å². The number of nitrogens with zero attached hydrogens (tertiary/aromatic N) is 1. The molecule has 2 amide bonds. The second-order valence-electron chi connectivity index (χ2n) is 7.05. The minimum atomic E-state index is -0.650. The summed E-state index contributed by atoms with van der Waals surface area (Å²) in [6.07, 6.45) is 0.405. The van der Waals surface area contributed by atoms with Gasteiger partial charge in [0.2, 0.25) is 11.8 Å². The lowest BCUT2D eigenvalue weighted by Gasteiger charge is -2.22. The number of carbonyl (C=O) groups is 2. The first-order valence-electron chi connectivity index (χ1n) is 9.42. The van der Waals surface area contributed by atoms with Gasteiger partial charge in [-0.25, -0.2) is 8.78 Å². The molecule has 2 aliphatic rings. The van der Waals surface area contributed by atoms with E-state index in [1.165, 1.54) is 12.1 Å². The van der Waals surface area contributed by atoms with Gasteiger partial charge < -0.3 is 19.7 Å². The molecule has 1 fully saturated rings. The molecule has 1 saturated heterocycles. The zero-order valence-corrected chi connectivity index (χ0v) is 15.6. The number of anilines is 1. The van der Waals surface area contributed by atoms with Gasteiger partial charge in [0, 0.05) is 37.3 Å². The van der Waals surface area contributed by atoms with E-state index in [1.807, 2.05) is 0 Å². The third-order valence-corrected chi connectivity index (χ3v) is 4.97. The Morgan fingerprint density at radius 2 is 1.79 bits per heavy atom. The van der Waals surface area contributed by atoms with E-state index in [2.05, 4.69) is 5.32 Å². The summed E-state index contributed by atoms with van der Waals surface area (Å²) in [6.45, 7) is 1.43. The van der Waals surface area contributed by atoms with Gasteiger partial charge >= 0.3 is 0 Å². The van der Waals surface area contributed by atoms with Crippen molar-refractivity contribution in [3.8, 4) is 11.5 Å². The highest BCUT2D eigenvalue weighted by molar-refractivity contribution is 6.00. The molecular weight excluding hydrogens is 382 g/mol. The van der Waals surface area contributed by atoms with E-state index in [0.717, 1.165) is 6.07 Å². The molecule has 152 valence electrons. The molecule has 1 N–H and O–H groups in total. The molecule has 0 bridgehead atoms. The zero-order chi connectivity index (χ0) is 20.4. The van der Waals surface area contributed by atoms with Crippen LogP contribution >= 0.6 is 0 Å². The van der Waals surface area contributed by atoms with Crippen molar-refractivity contribution in [1.82, 2.24) is 5.32 Å². The van der Waals surface area contributed by atoms with Crippen molar-refractivity contribution < 1.29 is 27.8 Å². The first-order chi connectivity index (χ1) is 14.0. The summed E-state index contributed by atoms with van der Waals surface area (Å²) in [5, 5.41) is 2.75. The molecule has 2 aromatic carbocycles. The van der Waals surface area contributed by atoms with Crippen LogP contribution in [0, 0.1) is 17.6 Å². The third-order valence-electron chi connectivity index (χ3n) is 4.97. The van der Waals surface area contributed by atoms with Crippen LogP contribution in [0.4, 0.5) is 14.5 Å². The van der Waals surface area contributed by atoms with Gasteiger partial charge in [-0.1, -0.05) is 0 Å². The monoisotopic (exact) mass is 402 g/mol. The molecule has 6 nitrogen and oxygen atoms in total. The smallest absolute Gasteiger partial charge is 0.227 e. The SMILES string of the molecule is O=C(NCCc1cc(F)cc(F)c1)C1CC(=O)N(c2ccc3c(c2)OCCO3)C1. The lowest BCUT2D eigenvalue weighted by molar-refractivity contribution is -0.126. The van der Waals surface area contributed by atoms with Gasteiger partial charge in [-0.15, -0.1) is 0 Å². The molecule has 8 heteroatoms. The Kier molecular flexibility index (Phi) is 5.33. The van der Waals surface area contributed by atoms with Crippen LogP contribution in [0.15, 0.2) is 36.4 Å². The highest BCUT2D eigenvalue weighted by atomic mass is 19.1. The van der Waals surface area contributed by atoms with E-state index in [4.69, 9.17) is 9.47 Å². The number of fused-ring (bicyclic) bond motifs is 1. The van der Waals surface area contributed by atoms with Gasteiger partial charge in [0.15, 0.2) is 11.5 Å². The summed E-state index contributed by atoms with van der Waals surface area (Å²) in [7, 11) is 0. The number of carbonyl (C=O) groups excluding carboxylic acids is 2. The van der Waals surface area contributed by atoms with Crippen molar-refractivity contribution in [3.63, 3.8) is 0 Å². The fourth-order valence-electron chi connectivity index (χ4n) is 3.56. The molecule has 2 aromatic rings. The zero-order valence-electron chi connectivity index (χ0n) is 15.6. The van der Waals surface area contributed by atoms with Crippen LogP contribution in [0.1, 0.15) is 12.0 Å². The maximum Gasteiger partial charge on any atom is 0.227 e. The molecule has 1 atom stereocenters. The maximum atomic E-state index is 13.2. The van der Waals surface area contributed by atoms with Crippen LogP contribution < -0.4 is 19.7 Å². The Labute approximate surface area is 166 Å². The molecule has 0 spiro atoms.